The summed E-state index contributed by atoms with van der Waals surface area (Å²) in [6.07, 6.45) is 3.47. The van der Waals surface area contributed by atoms with Crippen molar-refractivity contribution < 1.29 is 9.72 Å². The van der Waals surface area contributed by atoms with E-state index in [-0.39, 0.29) is 11.6 Å². The number of carbonyl (C=O) groups is 1. The van der Waals surface area contributed by atoms with E-state index in [1.165, 1.54) is 18.9 Å². The second kappa shape index (κ2) is 6.76. The van der Waals surface area contributed by atoms with Crippen LogP contribution < -0.4 is 4.90 Å². The second-order valence-corrected chi connectivity index (χ2v) is 6.79. The van der Waals surface area contributed by atoms with Crippen molar-refractivity contribution in [3.63, 3.8) is 0 Å². The summed E-state index contributed by atoms with van der Waals surface area (Å²) < 4.78 is 0. The fourth-order valence-corrected chi connectivity index (χ4v) is 3.69. The lowest BCUT2D eigenvalue weighted by Gasteiger charge is -2.23. The average Bonchev–Trinajstić information content (AvgIpc) is 3.24. The Balaban J connectivity index is 1.75. The molecule has 1 aromatic rings. The largest absolute Gasteiger partial charge is 0.372 e. The first kappa shape index (κ1) is 16.7. The lowest BCUT2D eigenvalue weighted by molar-refractivity contribution is -0.384. The molecule has 130 valence electrons. The molecule has 1 unspecified atom stereocenters. The highest BCUT2D eigenvalue weighted by atomic mass is 16.6. The molecule has 0 N–H and O–H groups in total. The summed E-state index contributed by atoms with van der Waals surface area (Å²) in [5.74, 6) is -0.106. The molecule has 2 aliphatic heterocycles. The molecule has 1 aromatic carbocycles. The third kappa shape index (κ3) is 3.21. The van der Waals surface area contributed by atoms with Crippen LogP contribution in [0.15, 0.2) is 18.2 Å². The highest BCUT2D eigenvalue weighted by Gasteiger charge is 2.32. The van der Waals surface area contributed by atoms with E-state index in [1.54, 1.807) is 31.1 Å². The molecule has 0 radical (unpaired) electrons. The van der Waals surface area contributed by atoms with Crippen LogP contribution in [0.5, 0.6) is 0 Å². The first-order valence-electron chi connectivity index (χ1n) is 8.46. The Hall–Kier alpha value is -2.15. The first-order valence-corrected chi connectivity index (χ1v) is 8.46. The molecule has 2 aliphatic rings. The van der Waals surface area contributed by atoms with E-state index >= 15 is 0 Å². The van der Waals surface area contributed by atoms with Crippen molar-refractivity contribution in [2.45, 2.75) is 25.3 Å². The van der Waals surface area contributed by atoms with Gasteiger partial charge in [-0.3, -0.25) is 19.8 Å². The summed E-state index contributed by atoms with van der Waals surface area (Å²) in [7, 11) is 3.51. The SMILES string of the molecule is CN(C)c1ccc(C(=O)N2CCC(N3CCCC3)C2)cc1[N+](=O)[O-]. The zero-order valence-electron chi connectivity index (χ0n) is 14.3. The van der Waals surface area contributed by atoms with Crippen LogP contribution in [0.4, 0.5) is 11.4 Å². The smallest absolute Gasteiger partial charge is 0.293 e. The standard InChI is InChI=1S/C17H24N4O3/c1-18(2)15-6-5-13(11-16(15)21(23)24)17(22)20-10-7-14(12-20)19-8-3-4-9-19/h5-6,11,14H,3-4,7-10,12H2,1-2H3. The number of hydrogen-bond donors (Lipinski definition) is 0. The van der Waals surface area contributed by atoms with Crippen molar-refractivity contribution >= 4 is 17.3 Å². The summed E-state index contributed by atoms with van der Waals surface area (Å²) in [5, 5.41) is 11.3. The molecule has 0 spiro atoms. The predicted molar refractivity (Wildman–Crippen MR) is 92.5 cm³/mol. The molecular weight excluding hydrogens is 308 g/mol. The average molecular weight is 332 g/mol. The van der Waals surface area contributed by atoms with Gasteiger partial charge in [0.2, 0.25) is 0 Å². The van der Waals surface area contributed by atoms with Crippen LogP contribution in [0.25, 0.3) is 0 Å². The Labute approximate surface area is 142 Å². The topological polar surface area (TPSA) is 69.9 Å². The summed E-state index contributed by atoms with van der Waals surface area (Å²) in [4.78, 5) is 29.6. The number of carbonyl (C=O) groups excluding carboxylic acids is 1. The van der Waals surface area contributed by atoms with Crippen LogP contribution in [0, 0.1) is 10.1 Å². The molecule has 1 amide bonds. The second-order valence-electron chi connectivity index (χ2n) is 6.79. The number of anilines is 1. The molecule has 0 bridgehead atoms. The van der Waals surface area contributed by atoms with Gasteiger partial charge in [0.25, 0.3) is 11.6 Å². The quantitative estimate of drug-likeness (QED) is 0.623. The summed E-state index contributed by atoms with van der Waals surface area (Å²) in [6.45, 7) is 3.69. The fourth-order valence-electron chi connectivity index (χ4n) is 3.69. The Morgan fingerprint density at radius 3 is 2.58 bits per heavy atom. The molecule has 0 saturated carbocycles. The first-order chi connectivity index (χ1) is 11.5. The Kier molecular flexibility index (Phi) is 4.71. The molecule has 0 aromatic heterocycles. The van der Waals surface area contributed by atoms with Crippen molar-refractivity contribution in [1.82, 2.24) is 9.80 Å². The van der Waals surface area contributed by atoms with Crippen LogP contribution in [0.3, 0.4) is 0 Å². The summed E-state index contributed by atoms with van der Waals surface area (Å²) >= 11 is 0. The highest BCUT2D eigenvalue weighted by molar-refractivity contribution is 5.96. The maximum Gasteiger partial charge on any atom is 0.293 e. The third-order valence-electron chi connectivity index (χ3n) is 5.01. The van der Waals surface area contributed by atoms with E-state index < -0.39 is 4.92 Å². The molecule has 2 fully saturated rings. The van der Waals surface area contributed by atoms with Crippen molar-refractivity contribution in [3.05, 3.63) is 33.9 Å². The van der Waals surface area contributed by atoms with Crippen LogP contribution >= 0.6 is 0 Å². The van der Waals surface area contributed by atoms with E-state index in [9.17, 15) is 14.9 Å². The van der Waals surface area contributed by atoms with Gasteiger partial charge in [0.05, 0.1) is 4.92 Å². The number of nitrogens with zero attached hydrogens (tertiary/aromatic N) is 4. The minimum atomic E-state index is -0.427. The van der Waals surface area contributed by atoms with Gasteiger partial charge >= 0.3 is 0 Å². The molecule has 3 rings (SSSR count). The van der Waals surface area contributed by atoms with Gasteiger partial charge in [-0.1, -0.05) is 0 Å². The van der Waals surface area contributed by atoms with Crippen LogP contribution in [0.2, 0.25) is 0 Å². The monoisotopic (exact) mass is 332 g/mol. The molecular formula is C17H24N4O3. The lowest BCUT2D eigenvalue weighted by atomic mass is 10.1. The van der Waals surface area contributed by atoms with Crippen molar-refractivity contribution in [2.24, 2.45) is 0 Å². The number of nitro groups is 1. The normalized spacial score (nSPS) is 21.2. The number of likely N-dealkylation sites (tertiary alicyclic amines) is 2. The van der Waals surface area contributed by atoms with E-state index in [0.717, 1.165) is 32.6 Å². The minimum Gasteiger partial charge on any atom is -0.372 e. The molecule has 1 atom stereocenters. The van der Waals surface area contributed by atoms with Gasteiger partial charge in [-0.15, -0.1) is 0 Å². The van der Waals surface area contributed by atoms with Crippen LogP contribution in [0.1, 0.15) is 29.6 Å². The Bertz CT molecular complexity index is 641. The Morgan fingerprint density at radius 2 is 1.96 bits per heavy atom. The van der Waals surface area contributed by atoms with Gasteiger partial charge in [0, 0.05) is 44.9 Å². The maximum absolute atomic E-state index is 12.7. The van der Waals surface area contributed by atoms with Crippen LogP contribution in [-0.2, 0) is 0 Å². The van der Waals surface area contributed by atoms with E-state index in [2.05, 4.69) is 4.90 Å². The van der Waals surface area contributed by atoms with Gasteiger partial charge in [-0.25, -0.2) is 0 Å². The number of rotatable bonds is 4. The van der Waals surface area contributed by atoms with Crippen molar-refractivity contribution in [1.29, 1.82) is 0 Å². The number of benzene rings is 1. The minimum absolute atomic E-state index is 0.0267. The maximum atomic E-state index is 12.7. The molecule has 7 nitrogen and oxygen atoms in total. The Morgan fingerprint density at radius 1 is 1.25 bits per heavy atom. The molecule has 2 heterocycles. The molecule has 0 aliphatic carbocycles. The van der Waals surface area contributed by atoms with Crippen molar-refractivity contribution in [2.75, 3.05) is 45.2 Å². The zero-order valence-corrected chi connectivity index (χ0v) is 14.3. The number of amides is 1. The number of hydrogen-bond acceptors (Lipinski definition) is 5. The highest BCUT2D eigenvalue weighted by Crippen LogP contribution is 2.29. The van der Waals surface area contributed by atoms with E-state index in [4.69, 9.17) is 0 Å². The lowest BCUT2D eigenvalue weighted by Crippen LogP contribution is -2.37. The predicted octanol–water partition coefficient (Wildman–Crippen LogP) is 1.97. The fraction of sp³-hybridized carbons (Fsp3) is 0.588. The van der Waals surface area contributed by atoms with Gasteiger partial charge in [0.15, 0.2) is 0 Å². The molecule has 24 heavy (non-hydrogen) atoms. The van der Waals surface area contributed by atoms with Gasteiger partial charge in [-0.2, -0.15) is 0 Å². The van der Waals surface area contributed by atoms with Gasteiger partial charge < -0.3 is 9.80 Å². The molecule has 2 saturated heterocycles. The van der Waals surface area contributed by atoms with E-state index in [0.29, 0.717) is 17.3 Å². The zero-order chi connectivity index (χ0) is 17.3. The third-order valence-corrected chi connectivity index (χ3v) is 5.01. The number of nitro benzene ring substituents is 1. The van der Waals surface area contributed by atoms with Gasteiger partial charge in [-0.05, 0) is 44.5 Å². The summed E-state index contributed by atoms with van der Waals surface area (Å²) in [5.41, 5.74) is 0.878. The van der Waals surface area contributed by atoms with Crippen LogP contribution in [-0.4, -0.2) is 66.9 Å². The van der Waals surface area contributed by atoms with Gasteiger partial charge in [0.1, 0.15) is 5.69 Å². The molecule has 7 heteroatoms. The van der Waals surface area contributed by atoms with E-state index in [1.807, 2.05) is 4.90 Å². The summed E-state index contributed by atoms with van der Waals surface area (Å²) in [6, 6.07) is 5.18. The van der Waals surface area contributed by atoms with Crippen molar-refractivity contribution in [3.8, 4) is 0 Å².